The number of hydrogen-bond donors (Lipinski definition) is 3. The van der Waals surface area contributed by atoms with E-state index >= 15 is 0 Å². The Morgan fingerprint density at radius 1 is 1.24 bits per heavy atom. The largest absolute Gasteiger partial charge is 0.433 e. The van der Waals surface area contributed by atoms with Crippen molar-refractivity contribution >= 4 is 17.2 Å². The van der Waals surface area contributed by atoms with Crippen LogP contribution in [0, 0.1) is 5.41 Å². The van der Waals surface area contributed by atoms with E-state index in [1.54, 1.807) is 14.2 Å². The molecular formula is C20H26F3N5O. The molecule has 158 valence electrons. The van der Waals surface area contributed by atoms with Crippen molar-refractivity contribution < 1.29 is 17.9 Å². The molecule has 5 N–H and O–H groups in total. The first-order chi connectivity index (χ1) is 13.7. The van der Waals surface area contributed by atoms with Gasteiger partial charge in [-0.05, 0) is 36.8 Å². The van der Waals surface area contributed by atoms with Crippen molar-refractivity contribution in [2.45, 2.75) is 38.3 Å². The molecular weight excluding hydrogens is 383 g/mol. The van der Waals surface area contributed by atoms with E-state index in [1.165, 1.54) is 6.07 Å². The van der Waals surface area contributed by atoms with Gasteiger partial charge in [0.2, 0.25) is 0 Å². The third kappa shape index (κ3) is 4.24. The number of aromatic nitrogens is 2. The van der Waals surface area contributed by atoms with Gasteiger partial charge in [-0.15, -0.1) is 0 Å². The second-order valence-corrected chi connectivity index (χ2v) is 7.61. The fourth-order valence-electron chi connectivity index (χ4n) is 4.26. The zero-order valence-electron chi connectivity index (χ0n) is 16.6. The SMILES string of the molecule is CNc1c(N)c(N)nc(-c2ccnc(C(F)(F)F)c2)c1CC1(COC)CCCC1. The zero-order valence-corrected chi connectivity index (χ0v) is 16.6. The number of rotatable bonds is 6. The van der Waals surface area contributed by atoms with Gasteiger partial charge in [0.1, 0.15) is 11.5 Å². The van der Waals surface area contributed by atoms with Crippen LogP contribution in [0.15, 0.2) is 18.3 Å². The van der Waals surface area contributed by atoms with Crippen molar-refractivity contribution in [1.82, 2.24) is 9.97 Å². The number of alkyl halides is 3. The molecule has 6 nitrogen and oxygen atoms in total. The predicted molar refractivity (Wildman–Crippen MR) is 107 cm³/mol. The van der Waals surface area contributed by atoms with Crippen LogP contribution in [0.5, 0.6) is 0 Å². The standard InChI is InChI=1S/C20H26F3N5O/c1-26-17-13(10-19(11-29-2)6-3-4-7-19)16(28-18(25)15(17)24)12-5-8-27-14(9-12)20(21,22)23/h5,8-9H,3-4,6-7,10-11,24H2,1-2H3,(H3,25,26,28). The van der Waals surface area contributed by atoms with Crippen LogP contribution in [0.1, 0.15) is 36.9 Å². The zero-order chi connectivity index (χ0) is 21.2. The fraction of sp³-hybridized carbons (Fsp3) is 0.500. The first-order valence-electron chi connectivity index (χ1n) is 9.49. The van der Waals surface area contributed by atoms with Crippen molar-refractivity contribution in [3.63, 3.8) is 0 Å². The minimum atomic E-state index is -4.55. The van der Waals surface area contributed by atoms with E-state index in [0.29, 0.717) is 35.7 Å². The van der Waals surface area contributed by atoms with E-state index in [4.69, 9.17) is 16.2 Å². The number of hydrogen-bond acceptors (Lipinski definition) is 6. The summed E-state index contributed by atoms with van der Waals surface area (Å²) in [6.45, 7) is 0.560. The molecule has 1 fully saturated rings. The average Bonchev–Trinajstić information content (AvgIpc) is 3.13. The van der Waals surface area contributed by atoms with Crippen LogP contribution in [0.2, 0.25) is 0 Å². The van der Waals surface area contributed by atoms with Gasteiger partial charge in [0, 0.05) is 31.5 Å². The second-order valence-electron chi connectivity index (χ2n) is 7.61. The molecule has 1 aliphatic rings. The van der Waals surface area contributed by atoms with Gasteiger partial charge >= 0.3 is 6.18 Å². The minimum absolute atomic E-state index is 0.0747. The highest BCUT2D eigenvalue weighted by atomic mass is 19.4. The molecule has 0 atom stereocenters. The van der Waals surface area contributed by atoms with Crippen molar-refractivity contribution in [1.29, 1.82) is 0 Å². The quantitative estimate of drug-likeness (QED) is 0.664. The highest BCUT2D eigenvalue weighted by molar-refractivity contribution is 5.85. The summed E-state index contributed by atoms with van der Waals surface area (Å²) in [5.41, 5.74) is 13.4. The van der Waals surface area contributed by atoms with E-state index < -0.39 is 11.9 Å². The lowest BCUT2D eigenvalue weighted by molar-refractivity contribution is -0.141. The third-order valence-electron chi connectivity index (χ3n) is 5.61. The smallest absolute Gasteiger partial charge is 0.394 e. The third-order valence-corrected chi connectivity index (χ3v) is 5.61. The van der Waals surface area contributed by atoms with E-state index in [1.807, 2.05) is 0 Å². The van der Waals surface area contributed by atoms with Gasteiger partial charge in [-0.3, -0.25) is 4.98 Å². The van der Waals surface area contributed by atoms with Gasteiger partial charge in [0.25, 0.3) is 0 Å². The van der Waals surface area contributed by atoms with Crippen molar-refractivity contribution in [3.05, 3.63) is 29.6 Å². The number of ether oxygens (including phenoxy) is 1. The van der Waals surface area contributed by atoms with E-state index in [9.17, 15) is 13.2 Å². The first-order valence-corrected chi connectivity index (χ1v) is 9.49. The van der Waals surface area contributed by atoms with E-state index in [2.05, 4.69) is 15.3 Å². The number of halogens is 3. The number of pyridine rings is 2. The molecule has 0 aliphatic heterocycles. The molecule has 1 aliphatic carbocycles. The monoisotopic (exact) mass is 409 g/mol. The molecule has 2 aromatic rings. The molecule has 2 aromatic heterocycles. The summed E-state index contributed by atoms with van der Waals surface area (Å²) in [5.74, 6) is 0.0747. The number of anilines is 3. The lowest BCUT2D eigenvalue weighted by Crippen LogP contribution is -2.27. The molecule has 3 rings (SSSR count). The van der Waals surface area contributed by atoms with Crippen LogP contribution < -0.4 is 16.8 Å². The predicted octanol–water partition coefficient (Wildman–Crippen LogP) is 4.12. The Balaban J connectivity index is 2.18. The molecule has 9 heteroatoms. The lowest BCUT2D eigenvalue weighted by atomic mass is 9.79. The molecule has 0 bridgehead atoms. The number of nitrogens with two attached hydrogens (primary N) is 2. The summed E-state index contributed by atoms with van der Waals surface area (Å²) in [5, 5.41) is 3.07. The Labute approximate surface area is 167 Å². The van der Waals surface area contributed by atoms with Crippen molar-refractivity contribution in [2.24, 2.45) is 5.41 Å². The normalized spacial score (nSPS) is 16.2. The summed E-state index contributed by atoms with van der Waals surface area (Å²) in [4.78, 5) is 7.84. The van der Waals surface area contributed by atoms with Gasteiger partial charge in [-0.25, -0.2) is 4.98 Å². The number of nitrogen functional groups attached to an aromatic ring is 2. The summed E-state index contributed by atoms with van der Waals surface area (Å²) >= 11 is 0. The van der Waals surface area contributed by atoms with Crippen LogP contribution in [0.25, 0.3) is 11.3 Å². The fourth-order valence-corrected chi connectivity index (χ4v) is 4.26. The summed E-state index contributed by atoms with van der Waals surface area (Å²) < 4.78 is 45.1. The van der Waals surface area contributed by atoms with Gasteiger partial charge in [0.05, 0.1) is 23.7 Å². The summed E-state index contributed by atoms with van der Waals surface area (Å²) in [6.07, 6.45) is 1.26. The summed E-state index contributed by atoms with van der Waals surface area (Å²) in [6, 6.07) is 2.51. The maximum Gasteiger partial charge on any atom is 0.433 e. The molecule has 29 heavy (non-hydrogen) atoms. The van der Waals surface area contributed by atoms with Gasteiger partial charge in [-0.1, -0.05) is 12.8 Å². The molecule has 0 aromatic carbocycles. The molecule has 0 radical (unpaired) electrons. The first kappa shape index (κ1) is 21.2. The minimum Gasteiger partial charge on any atom is -0.394 e. The maximum atomic E-state index is 13.2. The molecule has 1 saturated carbocycles. The maximum absolute atomic E-state index is 13.2. The van der Waals surface area contributed by atoms with Crippen LogP contribution in [0.3, 0.4) is 0 Å². The van der Waals surface area contributed by atoms with E-state index in [-0.39, 0.29) is 11.2 Å². The molecule has 0 spiro atoms. The van der Waals surface area contributed by atoms with Crippen molar-refractivity contribution in [3.8, 4) is 11.3 Å². The van der Waals surface area contributed by atoms with Gasteiger partial charge in [-0.2, -0.15) is 13.2 Å². The molecule has 0 amide bonds. The second kappa shape index (κ2) is 8.06. The summed E-state index contributed by atoms with van der Waals surface area (Å²) in [7, 11) is 3.37. The Kier molecular flexibility index (Phi) is 5.88. The van der Waals surface area contributed by atoms with Crippen molar-refractivity contribution in [2.75, 3.05) is 37.5 Å². The Morgan fingerprint density at radius 2 is 1.93 bits per heavy atom. The average molecular weight is 409 g/mol. The molecule has 0 unspecified atom stereocenters. The highest BCUT2D eigenvalue weighted by Gasteiger charge is 2.37. The molecule has 2 heterocycles. The van der Waals surface area contributed by atoms with Gasteiger partial charge in [0.15, 0.2) is 0 Å². The van der Waals surface area contributed by atoms with E-state index in [0.717, 1.165) is 43.5 Å². The number of nitrogens with zero attached hydrogens (tertiary/aromatic N) is 2. The topological polar surface area (TPSA) is 99.1 Å². The van der Waals surface area contributed by atoms with Crippen LogP contribution >= 0.6 is 0 Å². The van der Waals surface area contributed by atoms with Crippen LogP contribution in [-0.2, 0) is 17.3 Å². The Bertz CT molecular complexity index is 879. The number of nitrogens with one attached hydrogen (secondary N) is 1. The lowest BCUT2D eigenvalue weighted by Gasteiger charge is -2.30. The Morgan fingerprint density at radius 3 is 2.52 bits per heavy atom. The number of methoxy groups -OCH3 is 1. The highest BCUT2D eigenvalue weighted by Crippen LogP contribution is 2.46. The Hall–Kier alpha value is -2.55. The van der Waals surface area contributed by atoms with Gasteiger partial charge < -0.3 is 21.5 Å². The van der Waals surface area contributed by atoms with Crippen LogP contribution in [-0.4, -0.2) is 30.7 Å². The van der Waals surface area contributed by atoms with Crippen LogP contribution in [0.4, 0.5) is 30.4 Å². The molecule has 0 saturated heterocycles.